The molecule has 4 bridgehead atoms. The van der Waals surface area contributed by atoms with Crippen LogP contribution in [-0.2, 0) is 4.79 Å². The Kier molecular flexibility index (Phi) is 3.84. The van der Waals surface area contributed by atoms with Crippen molar-refractivity contribution in [2.75, 3.05) is 13.7 Å². The van der Waals surface area contributed by atoms with Crippen molar-refractivity contribution in [3.8, 4) is 0 Å². The van der Waals surface area contributed by atoms with Gasteiger partial charge in [0, 0.05) is 26.1 Å². The van der Waals surface area contributed by atoms with Gasteiger partial charge >= 0.3 is 0 Å². The van der Waals surface area contributed by atoms with Crippen molar-refractivity contribution < 1.29 is 9.90 Å². The first kappa shape index (κ1) is 13.4. The Morgan fingerprint density at radius 2 is 1.63 bits per heavy atom. The highest BCUT2D eigenvalue weighted by Crippen LogP contribution is 2.54. The maximum Gasteiger partial charge on any atom is 0.222 e. The average Bonchev–Trinajstić information content (AvgIpc) is 2.37. The first-order valence-electron chi connectivity index (χ1n) is 8.05. The molecule has 19 heavy (non-hydrogen) atoms. The molecule has 0 saturated heterocycles. The summed E-state index contributed by atoms with van der Waals surface area (Å²) in [5, 5.41) is 8.81. The normalized spacial score (nSPS) is 39.6. The summed E-state index contributed by atoms with van der Waals surface area (Å²) >= 11 is 0. The maximum absolute atomic E-state index is 12.3. The number of hydrogen-bond acceptors (Lipinski definition) is 2. The number of unbranched alkanes of at least 4 members (excludes halogenated alkanes) is 1. The van der Waals surface area contributed by atoms with Gasteiger partial charge in [-0.1, -0.05) is 0 Å². The quantitative estimate of drug-likeness (QED) is 0.776. The van der Waals surface area contributed by atoms with Crippen LogP contribution in [0.3, 0.4) is 0 Å². The number of carbonyl (C=O) groups is 1. The van der Waals surface area contributed by atoms with Gasteiger partial charge in [0.05, 0.1) is 0 Å². The van der Waals surface area contributed by atoms with Crippen molar-refractivity contribution in [1.29, 1.82) is 0 Å². The van der Waals surface area contributed by atoms with Gasteiger partial charge in [-0.05, 0) is 68.6 Å². The van der Waals surface area contributed by atoms with Crippen molar-refractivity contribution in [3.05, 3.63) is 0 Å². The number of aliphatic hydroxyl groups is 1. The van der Waals surface area contributed by atoms with E-state index >= 15 is 0 Å². The fraction of sp³-hybridized carbons (Fsp3) is 0.938. The second-order valence-electron chi connectivity index (χ2n) is 7.11. The molecule has 3 nitrogen and oxygen atoms in total. The standard InChI is InChI=1S/C16H27NO2/c1-17(15(19)4-2-3-5-18)16-13-7-11-6-12(9-13)10-14(16)8-11/h11-14,16,18H,2-10H2,1H3. The zero-order valence-electron chi connectivity index (χ0n) is 12.1. The molecule has 4 fully saturated rings. The molecular formula is C16H27NO2. The van der Waals surface area contributed by atoms with Gasteiger partial charge in [-0.3, -0.25) is 4.79 Å². The molecular weight excluding hydrogens is 238 g/mol. The van der Waals surface area contributed by atoms with Crippen LogP contribution in [0.25, 0.3) is 0 Å². The molecule has 0 heterocycles. The smallest absolute Gasteiger partial charge is 0.222 e. The largest absolute Gasteiger partial charge is 0.396 e. The SMILES string of the molecule is CN(C(=O)CCCCO)C1C2CC3CC(C2)CC1C3. The van der Waals surface area contributed by atoms with Crippen LogP contribution in [-0.4, -0.2) is 35.6 Å². The Bertz CT molecular complexity index is 314. The molecule has 0 unspecified atom stereocenters. The molecule has 0 aromatic heterocycles. The second-order valence-corrected chi connectivity index (χ2v) is 7.11. The average molecular weight is 265 g/mol. The first-order chi connectivity index (χ1) is 9.19. The van der Waals surface area contributed by atoms with Crippen LogP contribution in [0.5, 0.6) is 0 Å². The Morgan fingerprint density at radius 1 is 1.05 bits per heavy atom. The van der Waals surface area contributed by atoms with Crippen LogP contribution in [0.2, 0.25) is 0 Å². The molecule has 108 valence electrons. The molecule has 0 radical (unpaired) electrons. The van der Waals surface area contributed by atoms with Gasteiger partial charge in [-0.2, -0.15) is 0 Å². The summed E-state index contributed by atoms with van der Waals surface area (Å²) in [6, 6.07) is 0.523. The van der Waals surface area contributed by atoms with E-state index in [4.69, 9.17) is 5.11 Å². The zero-order chi connectivity index (χ0) is 13.4. The van der Waals surface area contributed by atoms with Crippen LogP contribution < -0.4 is 0 Å². The van der Waals surface area contributed by atoms with E-state index in [2.05, 4.69) is 4.90 Å². The van der Waals surface area contributed by atoms with Gasteiger partial charge in [0.1, 0.15) is 0 Å². The summed E-state index contributed by atoms with van der Waals surface area (Å²) in [4.78, 5) is 14.4. The highest BCUT2D eigenvalue weighted by molar-refractivity contribution is 5.76. The van der Waals surface area contributed by atoms with Gasteiger partial charge in [-0.25, -0.2) is 0 Å². The minimum Gasteiger partial charge on any atom is -0.396 e. The Labute approximate surface area is 116 Å². The van der Waals surface area contributed by atoms with E-state index in [0.29, 0.717) is 18.4 Å². The molecule has 3 heteroatoms. The monoisotopic (exact) mass is 265 g/mol. The van der Waals surface area contributed by atoms with E-state index in [9.17, 15) is 4.79 Å². The van der Waals surface area contributed by atoms with E-state index in [0.717, 1.165) is 36.5 Å². The molecule has 1 amide bonds. The first-order valence-corrected chi connectivity index (χ1v) is 8.05. The van der Waals surface area contributed by atoms with Crippen molar-refractivity contribution in [3.63, 3.8) is 0 Å². The van der Waals surface area contributed by atoms with Gasteiger partial charge < -0.3 is 10.0 Å². The number of rotatable bonds is 5. The van der Waals surface area contributed by atoms with Gasteiger partial charge in [0.25, 0.3) is 0 Å². The lowest BCUT2D eigenvalue weighted by Gasteiger charge is -2.56. The third-order valence-corrected chi connectivity index (χ3v) is 5.82. The molecule has 0 aliphatic heterocycles. The van der Waals surface area contributed by atoms with Gasteiger partial charge in [0.2, 0.25) is 5.91 Å². The molecule has 0 aromatic rings. The topological polar surface area (TPSA) is 40.5 Å². The predicted molar refractivity (Wildman–Crippen MR) is 74.5 cm³/mol. The van der Waals surface area contributed by atoms with Crippen LogP contribution in [0.1, 0.15) is 51.4 Å². The molecule has 0 atom stereocenters. The van der Waals surface area contributed by atoms with E-state index in [1.165, 1.54) is 32.1 Å². The van der Waals surface area contributed by atoms with Crippen molar-refractivity contribution in [2.24, 2.45) is 23.7 Å². The molecule has 4 aliphatic carbocycles. The number of amides is 1. The summed E-state index contributed by atoms with van der Waals surface area (Å²) in [7, 11) is 2.02. The summed E-state index contributed by atoms with van der Waals surface area (Å²) in [5.41, 5.74) is 0. The molecule has 4 rings (SSSR count). The fourth-order valence-corrected chi connectivity index (χ4v) is 5.26. The maximum atomic E-state index is 12.3. The summed E-state index contributed by atoms with van der Waals surface area (Å²) in [6.45, 7) is 0.203. The van der Waals surface area contributed by atoms with Gasteiger partial charge in [-0.15, -0.1) is 0 Å². The number of aliphatic hydroxyl groups excluding tert-OH is 1. The van der Waals surface area contributed by atoms with Gasteiger partial charge in [0.15, 0.2) is 0 Å². The van der Waals surface area contributed by atoms with Crippen LogP contribution in [0.15, 0.2) is 0 Å². The summed E-state index contributed by atoms with van der Waals surface area (Å²) in [6.07, 6.45) is 9.12. The third-order valence-electron chi connectivity index (χ3n) is 5.82. The van der Waals surface area contributed by atoms with E-state index in [1.54, 1.807) is 0 Å². The lowest BCUT2D eigenvalue weighted by molar-refractivity contribution is -0.141. The van der Waals surface area contributed by atoms with Crippen molar-refractivity contribution >= 4 is 5.91 Å². The Hall–Kier alpha value is -0.570. The summed E-state index contributed by atoms with van der Waals surface area (Å²) < 4.78 is 0. The molecule has 0 aromatic carbocycles. The second kappa shape index (κ2) is 5.43. The van der Waals surface area contributed by atoms with Crippen LogP contribution >= 0.6 is 0 Å². The van der Waals surface area contributed by atoms with E-state index in [1.807, 2.05) is 7.05 Å². The summed E-state index contributed by atoms with van der Waals surface area (Å²) in [5.74, 6) is 3.80. The van der Waals surface area contributed by atoms with Crippen LogP contribution in [0, 0.1) is 23.7 Å². The Morgan fingerprint density at radius 3 is 2.16 bits per heavy atom. The Balaban J connectivity index is 1.60. The molecule has 1 N–H and O–H groups in total. The minimum absolute atomic E-state index is 0.203. The fourth-order valence-electron chi connectivity index (χ4n) is 5.26. The number of hydrogen-bond donors (Lipinski definition) is 1. The molecule has 0 spiro atoms. The highest BCUT2D eigenvalue weighted by Gasteiger charge is 2.50. The molecule has 4 aliphatic rings. The van der Waals surface area contributed by atoms with Crippen molar-refractivity contribution in [1.82, 2.24) is 4.90 Å². The van der Waals surface area contributed by atoms with Crippen LogP contribution in [0.4, 0.5) is 0 Å². The number of nitrogens with zero attached hydrogens (tertiary/aromatic N) is 1. The van der Waals surface area contributed by atoms with E-state index in [-0.39, 0.29) is 6.61 Å². The van der Waals surface area contributed by atoms with Crippen molar-refractivity contribution in [2.45, 2.75) is 57.4 Å². The lowest BCUT2D eigenvalue weighted by atomic mass is 9.54. The third kappa shape index (κ3) is 2.54. The predicted octanol–water partition coefficient (Wildman–Crippen LogP) is 2.43. The lowest BCUT2D eigenvalue weighted by Crippen LogP contribution is -2.56. The highest BCUT2D eigenvalue weighted by atomic mass is 16.3. The number of carbonyl (C=O) groups excluding carboxylic acids is 1. The van der Waals surface area contributed by atoms with E-state index < -0.39 is 0 Å². The zero-order valence-corrected chi connectivity index (χ0v) is 12.1. The minimum atomic E-state index is 0.203. The molecule has 4 saturated carbocycles.